The second kappa shape index (κ2) is 5.23. The van der Waals surface area contributed by atoms with Crippen LogP contribution >= 0.6 is 0 Å². The van der Waals surface area contributed by atoms with Crippen molar-refractivity contribution in [3.05, 3.63) is 89.2 Å². The van der Waals surface area contributed by atoms with Crippen molar-refractivity contribution in [3.63, 3.8) is 0 Å². The van der Waals surface area contributed by atoms with Crippen molar-refractivity contribution in [2.75, 3.05) is 10.4 Å². The van der Waals surface area contributed by atoms with E-state index in [-0.39, 0.29) is 0 Å². The predicted octanol–water partition coefficient (Wildman–Crippen LogP) is 5.07. The summed E-state index contributed by atoms with van der Waals surface area (Å²) >= 11 is 0. The van der Waals surface area contributed by atoms with Crippen LogP contribution in [0.25, 0.3) is 6.08 Å². The minimum absolute atomic E-state index is 0.978. The quantitative estimate of drug-likeness (QED) is 0.829. The molecule has 0 saturated carbocycles. The highest BCUT2D eigenvalue weighted by Crippen LogP contribution is 2.37. The van der Waals surface area contributed by atoms with Gasteiger partial charge in [0.15, 0.2) is 0 Å². The number of aryl methyl sites for hydroxylation is 1. The first-order valence-corrected chi connectivity index (χ1v) is 7.61. The monoisotopic (exact) mass is 286 g/mol. The predicted molar refractivity (Wildman–Crippen MR) is 93.5 cm³/mol. The van der Waals surface area contributed by atoms with E-state index in [2.05, 4.69) is 90.2 Å². The number of hydrazine groups is 1. The van der Waals surface area contributed by atoms with Crippen LogP contribution in [0.15, 0.2) is 78.0 Å². The van der Waals surface area contributed by atoms with Gasteiger partial charge >= 0.3 is 0 Å². The maximum Gasteiger partial charge on any atom is 0.0703 e. The third-order valence-corrected chi connectivity index (χ3v) is 4.06. The minimum Gasteiger partial charge on any atom is -0.294 e. The summed E-state index contributed by atoms with van der Waals surface area (Å²) in [6, 6.07) is 17.0. The van der Waals surface area contributed by atoms with Crippen molar-refractivity contribution in [3.8, 4) is 0 Å². The lowest BCUT2D eigenvalue weighted by atomic mass is 9.95. The molecule has 0 radical (unpaired) electrons. The zero-order valence-electron chi connectivity index (χ0n) is 12.6. The Labute approximate surface area is 131 Å². The first kappa shape index (κ1) is 13.0. The molecular weight excluding hydrogens is 268 g/mol. The summed E-state index contributed by atoms with van der Waals surface area (Å²) in [7, 11) is 0. The Bertz CT molecular complexity index is 812. The van der Waals surface area contributed by atoms with E-state index < -0.39 is 0 Å². The van der Waals surface area contributed by atoms with Gasteiger partial charge in [-0.2, -0.15) is 0 Å². The lowest BCUT2D eigenvalue weighted by molar-refractivity contribution is 1.02. The van der Waals surface area contributed by atoms with Crippen LogP contribution < -0.4 is 10.4 Å². The van der Waals surface area contributed by atoms with Crippen LogP contribution in [-0.2, 0) is 0 Å². The first-order chi connectivity index (χ1) is 10.8. The van der Waals surface area contributed by atoms with Gasteiger partial charge in [-0.25, -0.2) is 0 Å². The Morgan fingerprint density at radius 2 is 1.95 bits per heavy atom. The van der Waals surface area contributed by atoms with E-state index in [9.17, 15) is 0 Å². The third kappa shape index (κ3) is 2.23. The summed E-state index contributed by atoms with van der Waals surface area (Å²) in [5.41, 5.74) is 10.9. The van der Waals surface area contributed by atoms with Gasteiger partial charge in [-0.3, -0.25) is 10.4 Å². The standard InChI is InChI=1S/C20H18N2/c1-15-7-6-10-18(13-15)21-22-19-11-4-2-8-16(19)14-17-9-3-5-12-20(17)22/h2-8,10-14,21H,9H2,1H3. The van der Waals surface area contributed by atoms with Gasteiger partial charge in [0.25, 0.3) is 0 Å². The van der Waals surface area contributed by atoms with E-state index in [4.69, 9.17) is 0 Å². The number of benzene rings is 2. The molecule has 0 bridgehead atoms. The van der Waals surface area contributed by atoms with Gasteiger partial charge < -0.3 is 0 Å². The number of hydrogen-bond donors (Lipinski definition) is 1. The van der Waals surface area contributed by atoms with E-state index in [1.54, 1.807) is 0 Å². The summed E-state index contributed by atoms with van der Waals surface area (Å²) < 4.78 is 0. The SMILES string of the molecule is Cc1cccc(NN2C3=CC=CCC3=Cc3ccccc32)c1. The molecule has 0 spiro atoms. The summed E-state index contributed by atoms with van der Waals surface area (Å²) in [4.78, 5) is 0. The normalized spacial score (nSPS) is 15.6. The smallest absolute Gasteiger partial charge is 0.0703 e. The Morgan fingerprint density at radius 1 is 1.05 bits per heavy atom. The fraction of sp³-hybridized carbons (Fsp3) is 0.100. The van der Waals surface area contributed by atoms with E-state index >= 15 is 0 Å². The highest BCUT2D eigenvalue weighted by molar-refractivity contribution is 5.82. The molecule has 108 valence electrons. The molecule has 22 heavy (non-hydrogen) atoms. The van der Waals surface area contributed by atoms with Crippen molar-refractivity contribution < 1.29 is 0 Å². The fourth-order valence-corrected chi connectivity index (χ4v) is 3.01. The van der Waals surface area contributed by atoms with Crippen LogP contribution in [0.4, 0.5) is 11.4 Å². The average molecular weight is 286 g/mol. The molecule has 2 aliphatic rings. The van der Waals surface area contributed by atoms with Crippen molar-refractivity contribution >= 4 is 17.5 Å². The van der Waals surface area contributed by atoms with Gasteiger partial charge in [-0.15, -0.1) is 0 Å². The molecule has 1 N–H and O–H groups in total. The number of fused-ring (bicyclic) bond motifs is 2. The van der Waals surface area contributed by atoms with Gasteiger partial charge in [0, 0.05) is 5.56 Å². The highest BCUT2D eigenvalue weighted by atomic mass is 15.5. The molecule has 1 heterocycles. The summed E-state index contributed by atoms with van der Waals surface area (Å²) in [6.07, 6.45) is 9.78. The zero-order chi connectivity index (χ0) is 14.9. The van der Waals surface area contributed by atoms with Crippen molar-refractivity contribution in [2.45, 2.75) is 13.3 Å². The molecule has 0 saturated heterocycles. The molecule has 0 fully saturated rings. The number of rotatable bonds is 2. The van der Waals surface area contributed by atoms with E-state index in [0.29, 0.717) is 0 Å². The Hall–Kier alpha value is -2.74. The van der Waals surface area contributed by atoms with Gasteiger partial charge in [0.2, 0.25) is 0 Å². The van der Waals surface area contributed by atoms with Crippen molar-refractivity contribution in [1.29, 1.82) is 0 Å². The lowest BCUT2D eigenvalue weighted by Crippen LogP contribution is -2.32. The van der Waals surface area contributed by atoms with Gasteiger partial charge in [-0.1, -0.05) is 42.5 Å². The molecule has 0 amide bonds. The van der Waals surface area contributed by atoms with E-state index in [0.717, 1.165) is 12.1 Å². The number of allylic oxidation sites excluding steroid dienone is 4. The molecule has 2 aromatic carbocycles. The fourth-order valence-electron chi connectivity index (χ4n) is 3.01. The molecule has 4 rings (SSSR count). The highest BCUT2D eigenvalue weighted by Gasteiger charge is 2.23. The largest absolute Gasteiger partial charge is 0.294 e. The van der Waals surface area contributed by atoms with Crippen LogP contribution in [-0.4, -0.2) is 0 Å². The maximum absolute atomic E-state index is 3.57. The second-order valence-corrected chi connectivity index (χ2v) is 5.73. The molecule has 0 unspecified atom stereocenters. The molecule has 2 heteroatoms. The summed E-state index contributed by atoms with van der Waals surface area (Å²) in [5.74, 6) is 0. The van der Waals surface area contributed by atoms with Crippen LogP contribution in [0, 0.1) is 6.92 Å². The Balaban J connectivity index is 1.80. The molecule has 1 aliphatic heterocycles. The molecule has 2 nitrogen and oxygen atoms in total. The number of nitrogens with one attached hydrogen (secondary N) is 1. The van der Waals surface area contributed by atoms with Crippen LogP contribution in [0.2, 0.25) is 0 Å². The Kier molecular flexibility index (Phi) is 3.08. The lowest BCUT2D eigenvalue weighted by Gasteiger charge is -2.35. The van der Waals surface area contributed by atoms with E-state index in [1.807, 2.05) is 0 Å². The number of para-hydroxylation sites is 1. The zero-order valence-corrected chi connectivity index (χ0v) is 12.6. The van der Waals surface area contributed by atoms with Crippen LogP contribution in [0.5, 0.6) is 0 Å². The van der Waals surface area contributed by atoms with Crippen molar-refractivity contribution in [2.24, 2.45) is 0 Å². The summed E-state index contributed by atoms with van der Waals surface area (Å²) in [6.45, 7) is 2.11. The topological polar surface area (TPSA) is 15.3 Å². The van der Waals surface area contributed by atoms with Gasteiger partial charge in [0.05, 0.1) is 17.1 Å². The molecule has 0 aromatic heterocycles. The minimum atomic E-state index is 0.978. The number of anilines is 2. The first-order valence-electron chi connectivity index (χ1n) is 7.61. The Morgan fingerprint density at radius 3 is 2.86 bits per heavy atom. The third-order valence-electron chi connectivity index (χ3n) is 4.06. The molecule has 2 aromatic rings. The average Bonchev–Trinajstić information content (AvgIpc) is 2.55. The number of hydrogen-bond acceptors (Lipinski definition) is 2. The van der Waals surface area contributed by atoms with Crippen LogP contribution in [0.3, 0.4) is 0 Å². The van der Waals surface area contributed by atoms with E-state index in [1.165, 1.54) is 28.1 Å². The second-order valence-electron chi connectivity index (χ2n) is 5.73. The summed E-state index contributed by atoms with van der Waals surface area (Å²) in [5, 5.41) is 2.20. The molecular formula is C20H18N2. The van der Waals surface area contributed by atoms with Crippen LogP contribution in [0.1, 0.15) is 17.5 Å². The number of nitrogens with zero attached hydrogens (tertiary/aromatic N) is 1. The van der Waals surface area contributed by atoms with Gasteiger partial charge in [-0.05, 0) is 54.8 Å². The molecule has 1 aliphatic carbocycles. The van der Waals surface area contributed by atoms with Crippen molar-refractivity contribution in [1.82, 2.24) is 0 Å². The molecule has 0 atom stereocenters. The van der Waals surface area contributed by atoms with Gasteiger partial charge in [0.1, 0.15) is 0 Å². The maximum atomic E-state index is 3.57.